The van der Waals surface area contributed by atoms with Crippen LogP contribution in [0.3, 0.4) is 0 Å². The zero-order valence-corrected chi connectivity index (χ0v) is 71.7. The summed E-state index contributed by atoms with van der Waals surface area (Å²) in [6, 6.07) is 0. The molecule has 115 heavy (non-hydrogen) atoms. The van der Waals surface area contributed by atoms with E-state index < -0.39 is 0 Å². The van der Waals surface area contributed by atoms with Crippen molar-refractivity contribution in [3.63, 3.8) is 0 Å². The fraction of sp³-hybridized carbons (Fsp3) is 0. The van der Waals surface area contributed by atoms with E-state index in [1.807, 2.05) is 0 Å². The average molecular weight is 2320 g/mol. The van der Waals surface area contributed by atoms with E-state index in [1.165, 1.54) is 0 Å². The fourth-order valence-corrected chi connectivity index (χ4v) is 0. The summed E-state index contributed by atoms with van der Waals surface area (Å²) in [4.78, 5) is 0. The van der Waals surface area contributed by atoms with E-state index in [9.17, 15) is 0 Å². The van der Waals surface area contributed by atoms with Crippen molar-refractivity contribution in [2.75, 3.05) is 0 Å². The summed E-state index contributed by atoms with van der Waals surface area (Å²) in [7, 11) is 0. The zero-order valence-electron chi connectivity index (χ0n) is 48.3. The Labute approximate surface area is 865 Å². The molecule has 0 aliphatic rings. The Morgan fingerprint density at radius 3 is 0.0174 bits per heavy atom. The van der Waals surface area contributed by atoms with Crippen LogP contribution in [-0.4, -0.2) is 0 Å². The minimum Gasteiger partial charge on any atom is -2.00 e. The molecule has 0 aromatic heterocycles. The molecule has 0 fully saturated rings. The van der Waals surface area contributed by atoms with Gasteiger partial charge >= 0.3 is 326 Å². The monoisotopic (exact) mass is 2320 g/mol. The summed E-state index contributed by atoms with van der Waals surface area (Å²) >= 11 is 0. The smallest absolute Gasteiger partial charge is 2.00 e. The molecular formula is O100Ti15-140. The second-order valence-electron chi connectivity index (χ2n) is 0. The summed E-state index contributed by atoms with van der Waals surface area (Å²) in [5.41, 5.74) is 0. The van der Waals surface area contributed by atoms with Gasteiger partial charge in [0.15, 0.2) is 0 Å². The van der Waals surface area contributed by atoms with Crippen LogP contribution in [0.25, 0.3) is 0 Å². The van der Waals surface area contributed by atoms with Crippen molar-refractivity contribution in [3.05, 3.63) is 0 Å². The van der Waals surface area contributed by atoms with Gasteiger partial charge in [0.05, 0.1) is 0 Å². The van der Waals surface area contributed by atoms with Crippen LogP contribution in [0, 0.1) is 0 Å². The van der Waals surface area contributed by atoms with E-state index in [1.54, 1.807) is 0 Å². The second kappa shape index (κ2) is 38400. The molecule has 0 saturated carbocycles. The summed E-state index contributed by atoms with van der Waals surface area (Å²) in [5.74, 6) is 0. The third-order valence-electron chi connectivity index (χ3n) is 0. The normalized spacial score (nSPS) is 0. The molecule has 0 heterocycles. The van der Waals surface area contributed by atoms with E-state index in [4.69, 9.17) is 0 Å². The van der Waals surface area contributed by atoms with Crippen molar-refractivity contribution in [2.45, 2.75) is 0 Å². The van der Waals surface area contributed by atoms with Crippen molar-refractivity contribution in [1.29, 1.82) is 0 Å². The first-order valence-corrected chi connectivity index (χ1v) is 0. The molecule has 0 bridgehead atoms. The van der Waals surface area contributed by atoms with Crippen molar-refractivity contribution in [3.8, 4) is 0 Å². The summed E-state index contributed by atoms with van der Waals surface area (Å²) in [5, 5.41) is 0. The maximum Gasteiger partial charge on any atom is 4.00 e. The van der Waals surface area contributed by atoms with E-state index in [0.29, 0.717) is 0 Å². The van der Waals surface area contributed by atoms with Crippen LogP contribution in [0.1, 0.15) is 0 Å². The first kappa shape index (κ1) is 39300. The van der Waals surface area contributed by atoms with Gasteiger partial charge in [-0.2, -0.15) is 0 Å². The molecule has 0 rings (SSSR count). The summed E-state index contributed by atoms with van der Waals surface area (Å²) < 4.78 is 0. The van der Waals surface area contributed by atoms with Gasteiger partial charge in [0, 0.05) is 0 Å². The number of hydrogen-bond acceptors (Lipinski definition) is 0. The summed E-state index contributed by atoms with van der Waals surface area (Å²) in [6.07, 6.45) is 0. The molecule has 100 nitrogen and oxygen atoms in total. The Kier molecular flexibility index (Phi) is 13100000. The molecule has 0 aliphatic heterocycles. The molecule has 0 aromatic carbocycles. The Morgan fingerprint density at radius 1 is 0.0174 bits per heavy atom. The van der Waals surface area contributed by atoms with Gasteiger partial charge in [-0.15, -0.1) is 0 Å². The van der Waals surface area contributed by atoms with E-state index >= 15 is 0 Å². The van der Waals surface area contributed by atoms with Crippen LogP contribution in [0.15, 0.2) is 0 Å². The molecule has 800 valence electrons. The van der Waals surface area contributed by atoms with E-state index in [-0.39, 0.29) is 873 Å². The molecule has 0 aromatic rings. The van der Waals surface area contributed by atoms with E-state index in [0.717, 1.165) is 0 Å². The zero-order chi connectivity index (χ0) is 0. The maximum atomic E-state index is 0. The van der Waals surface area contributed by atoms with Gasteiger partial charge < -0.3 is 548 Å². The Balaban J connectivity index is 0. The van der Waals surface area contributed by atoms with Gasteiger partial charge in [-0.3, -0.25) is 0 Å². The predicted molar refractivity (Wildman–Crippen MR) is 68.7 cm³/mol. The minimum absolute atomic E-state index is 0. The van der Waals surface area contributed by atoms with Crippen molar-refractivity contribution >= 4 is 0 Å². The fourth-order valence-electron chi connectivity index (χ4n) is 0. The largest absolute Gasteiger partial charge is 4.00 e. The number of rotatable bonds is 0. The SMILES string of the molecule is [O-2].[O-2].[O-2].[O-2].[O-2].[O-2].[O-2].[O-2].[O-2].[O-2].[O-2].[O-2].[O-2].[O-2].[O-2].[O-2].[O-2].[O-2].[O-2].[O-2].[O-2].[O-2].[O-2].[O-2].[O-2].[O-2].[O-2].[O-2].[O-2].[O-2].[O-2].[O-2].[O-2].[O-2].[O-2].[O-2].[O-2].[O-2].[O-2].[O-2].[O-2].[O-2].[O-2].[O-2].[O-2].[O-2].[O-2].[O-2].[O-2].[O-2].[O-2].[O-2].[O-2].[O-2].[O-2].[O-2].[O-2].[O-2].[O-2].[O-2].[O-2].[O-2].[O-2].[O-2].[O-2].[O-2].[O-2].[O-2].[O-2].[O-2].[O-2].[O-2].[O-2].[O-2].[O-2].[O-2].[O-2].[O-2].[O-2].[O-2].[O-2].[O-2].[O-2].[O-2].[O-2].[O-2].[O-2].[O-2].[O-2].[O-2].[O-2].[O-2].[O-2].[O-2].[O-2].[O-2].[O-2].[O-2].[O-2].[O-2].[Ti+4].[Ti+4].[Ti+4].[Ti+4].[Ti+4].[Ti+4].[Ti+4].[Ti+4].[Ti+4].[Ti+4].[Ti+4].[Ti+4].[Ti+4].[Ti+4].[Ti+4]. The Hall–Kier alpha value is 6.71. The molecule has 0 radical (unpaired) electrons. The standard InChI is InChI=1S/100O.15Ti/q100*-2;15*+4. The van der Waals surface area contributed by atoms with Crippen molar-refractivity contribution < 1.29 is 873 Å². The van der Waals surface area contributed by atoms with Crippen LogP contribution in [-0.2, 0) is 873 Å². The third kappa shape index (κ3) is 37700. The molecule has 115 heteroatoms. The first-order chi connectivity index (χ1) is 0. The molecule has 0 atom stereocenters. The molecule has 0 aliphatic carbocycles. The maximum absolute atomic E-state index is 0. The molecule has 0 spiro atoms. The van der Waals surface area contributed by atoms with Crippen LogP contribution in [0.4, 0.5) is 0 Å². The molecular weight excluding hydrogens is 2320 g/mol. The Bertz CT molecular complexity index is 64.2. The minimum atomic E-state index is 0. The second-order valence-corrected chi connectivity index (χ2v) is 0. The van der Waals surface area contributed by atoms with Crippen LogP contribution in [0.2, 0.25) is 0 Å². The quantitative estimate of drug-likeness (QED) is 0.204. The molecule has 0 amide bonds. The molecule has 0 N–H and O–H groups in total. The van der Waals surface area contributed by atoms with Gasteiger partial charge in [-0.1, -0.05) is 0 Å². The van der Waals surface area contributed by atoms with Gasteiger partial charge in [-0.05, 0) is 0 Å². The van der Waals surface area contributed by atoms with Crippen LogP contribution >= 0.6 is 0 Å². The Morgan fingerprint density at radius 2 is 0.0174 bits per heavy atom. The number of hydrogen-bond donors (Lipinski definition) is 0. The van der Waals surface area contributed by atoms with Gasteiger partial charge in [0.1, 0.15) is 0 Å². The first-order valence-electron chi connectivity index (χ1n) is 0. The van der Waals surface area contributed by atoms with Gasteiger partial charge in [-0.25, -0.2) is 0 Å². The molecule has 0 saturated heterocycles. The van der Waals surface area contributed by atoms with Crippen molar-refractivity contribution in [2.24, 2.45) is 0 Å². The summed E-state index contributed by atoms with van der Waals surface area (Å²) in [6.45, 7) is 0. The van der Waals surface area contributed by atoms with Crippen LogP contribution in [0.5, 0.6) is 0 Å². The van der Waals surface area contributed by atoms with Crippen molar-refractivity contribution in [1.82, 2.24) is 0 Å². The third-order valence-corrected chi connectivity index (χ3v) is 0. The van der Waals surface area contributed by atoms with E-state index in [2.05, 4.69) is 0 Å². The van der Waals surface area contributed by atoms with Crippen LogP contribution < -0.4 is 0 Å². The average Bonchev–Trinajstić information content (AvgIpc) is 0. The molecule has 0 unspecified atom stereocenters. The topological polar surface area (TPSA) is 2850 Å². The predicted octanol–water partition coefficient (Wildman–Crippen LogP) is -11.9. The van der Waals surface area contributed by atoms with Gasteiger partial charge in [0.25, 0.3) is 0 Å². The van der Waals surface area contributed by atoms with Gasteiger partial charge in [0.2, 0.25) is 0 Å².